The Bertz CT molecular complexity index is 581. The second-order valence-electron chi connectivity index (χ2n) is 4.04. The monoisotopic (exact) mass is 225 g/mol. The number of pyridine rings is 1. The standard InChI is InChI=1S/C12H11N5/c13-6-10-2-1-3-12(15-10)17-5-4-11-9(8-17)7-14-16-11/h1-3,7H,4-5,8H2,(H,14,16). The van der Waals surface area contributed by atoms with E-state index in [0.29, 0.717) is 5.69 Å². The van der Waals surface area contributed by atoms with Crippen molar-refractivity contribution < 1.29 is 0 Å². The molecule has 2 aromatic heterocycles. The predicted molar refractivity (Wildman–Crippen MR) is 62.3 cm³/mol. The van der Waals surface area contributed by atoms with Gasteiger partial charge in [0.05, 0.1) is 6.20 Å². The number of fused-ring (bicyclic) bond motifs is 1. The highest BCUT2D eigenvalue weighted by Gasteiger charge is 2.18. The summed E-state index contributed by atoms with van der Waals surface area (Å²) in [4.78, 5) is 6.47. The number of nitriles is 1. The van der Waals surface area contributed by atoms with Gasteiger partial charge in [-0.05, 0) is 12.1 Å². The van der Waals surface area contributed by atoms with E-state index in [1.807, 2.05) is 18.3 Å². The van der Waals surface area contributed by atoms with E-state index in [4.69, 9.17) is 5.26 Å². The molecule has 0 spiro atoms. The quantitative estimate of drug-likeness (QED) is 0.792. The summed E-state index contributed by atoms with van der Waals surface area (Å²) < 4.78 is 0. The van der Waals surface area contributed by atoms with Crippen molar-refractivity contribution in [2.45, 2.75) is 13.0 Å². The number of rotatable bonds is 1. The van der Waals surface area contributed by atoms with Gasteiger partial charge in [-0.1, -0.05) is 6.07 Å². The molecule has 0 radical (unpaired) electrons. The smallest absolute Gasteiger partial charge is 0.142 e. The van der Waals surface area contributed by atoms with Gasteiger partial charge in [0.15, 0.2) is 0 Å². The highest BCUT2D eigenvalue weighted by molar-refractivity contribution is 5.44. The van der Waals surface area contributed by atoms with Crippen LogP contribution in [0.1, 0.15) is 17.0 Å². The van der Waals surface area contributed by atoms with Gasteiger partial charge < -0.3 is 4.90 Å². The summed E-state index contributed by atoms with van der Waals surface area (Å²) in [6, 6.07) is 7.59. The number of nitrogens with one attached hydrogen (secondary N) is 1. The maximum atomic E-state index is 8.84. The van der Waals surface area contributed by atoms with Crippen molar-refractivity contribution in [2.24, 2.45) is 0 Å². The van der Waals surface area contributed by atoms with Gasteiger partial charge in [-0.25, -0.2) is 4.98 Å². The third kappa shape index (κ3) is 1.74. The zero-order valence-electron chi connectivity index (χ0n) is 9.22. The number of H-pyrrole nitrogens is 1. The summed E-state index contributed by atoms with van der Waals surface area (Å²) in [5.41, 5.74) is 2.87. The molecule has 0 fully saturated rings. The van der Waals surface area contributed by atoms with Gasteiger partial charge >= 0.3 is 0 Å². The molecule has 84 valence electrons. The number of aromatic nitrogens is 3. The van der Waals surface area contributed by atoms with Crippen molar-refractivity contribution in [3.8, 4) is 6.07 Å². The molecule has 0 saturated heterocycles. The first-order chi connectivity index (χ1) is 8.36. The first-order valence-electron chi connectivity index (χ1n) is 5.50. The van der Waals surface area contributed by atoms with Crippen LogP contribution in [-0.2, 0) is 13.0 Å². The minimum atomic E-state index is 0.459. The molecular formula is C12H11N5. The highest BCUT2D eigenvalue weighted by Crippen LogP contribution is 2.21. The van der Waals surface area contributed by atoms with Crippen LogP contribution in [0.25, 0.3) is 0 Å². The third-order valence-corrected chi connectivity index (χ3v) is 2.97. The summed E-state index contributed by atoms with van der Waals surface area (Å²) in [5, 5.41) is 15.9. The molecule has 1 aliphatic rings. The second kappa shape index (κ2) is 3.91. The fourth-order valence-corrected chi connectivity index (χ4v) is 2.08. The summed E-state index contributed by atoms with van der Waals surface area (Å²) in [5.74, 6) is 0.857. The minimum Gasteiger partial charge on any atom is -0.352 e. The van der Waals surface area contributed by atoms with Gasteiger partial charge in [0.25, 0.3) is 0 Å². The Hall–Kier alpha value is -2.35. The first kappa shape index (κ1) is 9.85. The van der Waals surface area contributed by atoms with Gasteiger partial charge in [-0.15, -0.1) is 0 Å². The lowest BCUT2D eigenvalue weighted by atomic mass is 10.1. The van der Waals surface area contributed by atoms with Crippen LogP contribution in [0.5, 0.6) is 0 Å². The fraction of sp³-hybridized carbons (Fsp3) is 0.250. The van der Waals surface area contributed by atoms with Crippen molar-refractivity contribution in [3.63, 3.8) is 0 Å². The van der Waals surface area contributed by atoms with Gasteiger partial charge in [0.2, 0.25) is 0 Å². The summed E-state index contributed by atoms with van der Waals surface area (Å²) >= 11 is 0. The van der Waals surface area contributed by atoms with Crippen molar-refractivity contribution >= 4 is 5.82 Å². The van der Waals surface area contributed by atoms with Crippen molar-refractivity contribution in [3.05, 3.63) is 41.3 Å². The number of aromatic amines is 1. The largest absolute Gasteiger partial charge is 0.352 e. The Morgan fingerprint density at radius 2 is 2.35 bits per heavy atom. The highest BCUT2D eigenvalue weighted by atomic mass is 15.2. The SMILES string of the molecule is N#Cc1cccc(N2CCc3[nH]ncc3C2)n1. The van der Waals surface area contributed by atoms with E-state index < -0.39 is 0 Å². The second-order valence-corrected chi connectivity index (χ2v) is 4.04. The van der Waals surface area contributed by atoms with Crippen LogP contribution < -0.4 is 4.90 Å². The van der Waals surface area contributed by atoms with Crippen LogP contribution >= 0.6 is 0 Å². The van der Waals surface area contributed by atoms with Crippen LogP contribution in [0.3, 0.4) is 0 Å². The molecule has 2 aromatic rings. The summed E-state index contributed by atoms with van der Waals surface area (Å²) in [6.45, 7) is 1.70. The lowest BCUT2D eigenvalue weighted by Crippen LogP contribution is -2.30. The molecule has 0 saturated carbocycles. The number of anilines is 1. The summed E-state index contributed by atoms with van der Waals surface area (Å²) in [7, 11) is 0. The molecule has 0 amide bonds. The normalized spacial score (nSPS) is 14.2. The molecule has 17 heavy (non-hydrogen) atoms. The predicted octanol–water partition coefficient (Wildman–Crippen LogP) is 1.24. The maximum absolute atomic E-state index is 8.84. The fourth-order valence-electron chi connectivity index (χ4n) is 2.08. The first-order valence-corrected chi connectivity index (χ1v) is 5.50. The summed E-state index contributed by atoms with van der Waals surface area (Å²) in [6.07, 6.45) is 2.80. The average molecular weight is 225 g/mol. The lowest BCUT2D eigenvalue weighted by Gasteiger charge is -2.27. The molecule has 0 aliphatic carbocycles. The third-order valence-electron chi connectivity index (χ3n) is 2.97. The zero-order valence-corrected chi connectivity index (χ0v) is 9.22. The molecule has 5 nitrogen and oxygen atoms in total. The van der Waals surface area contributed by atoms with Crippen molar-refractivity contribution in [2.75, 3.05) is 11.4 Å². The number of nitrogens with zero attached hydrogens (tertiary/aromatic N) is 4. The van der Waals surface area contributed by atoms with Crippen LogP contribution in [0.2, 0.25) is 0 Å². The van der Waals surface area contributed by atoms with Crippen molar-refractivity contribution in [1.29, 1.82) is 5.26 Å². The Kier molecular flexibility index (Phi) is 2.26. The van der Waals surface area contributed by atoms with E-state index in [0.717, 1.165) is 25.3 Å². The van der Waals surface area contributed by atoms with Gasteiger partial charge in [-0.2, -0.15) is 10.4 Å². The molecule has 1 N–H and O–H groups in total. The molecule has 0 atom stereocenters. The topological polar surface area (TPSA) is 68.6 Å². The van der Waals surface area contributed by atoms with E-state index in [1.54, 1.807) is 6.07 Å². The van der Waals surface area contributed by atoms with E-state index >= 15 is 0 Å². The van der Waals surface area contributed by atoms with Crippen molar-refractivity contribution in [1.82, 2.24) is 15.2 Å². The van der Waals surface area contributed by atoms with Gasteiger partial charge in [-0.3, -0.25) is 5.10 Å². The molecule has 0 bridgehead atoms. The van der Waals surface area contributed by atoms with Crippen LogP contribution in [-0.4, -0.2) is 21.7 Å². The van der Waals surface area contributed by atoms with Crippen LogP contribution in [0.15, 0.2) is 24.4 Å². The molecule has 0 aromatic carbocycles. The Morgan fingerprint density at radius 3 is 3.24 bits per heavy atom. The van der Waals surface area contributed by atoms with Gasteiger partial charge in [0.1, 0.15) is 17.6 Å². The molecule has 1 aliphatic heterocycles. The molecule has 3 rings (SSSR count). The van der Waals surface area contributed by atoms with E-state index in [2.05, 4.69) is 26.2 Å². The van der Waals surface area contributed by atoms with Gasteiger partial charge in [0, 0.05) is 30.8 Å². The van der Waals surface area contributed by atoms with E-state index in [1.165, 1.54) is 11.3 Å². The van der Waals surface area contributed by atoms with E-state index in [9.17, 15) is 0 Å². The minimum absolute atomic E-state index is 0.459. The lowest BCUT2D eigenvalue weighted by molar-refractivity contribution is 0.710. The molecule has 3 heterocycles. The number of hydrogen-bond donors (Lipinski definition) is 1. The molecule has 0 unspecified atom stereocenters. The Morgan fingerprint density at radius 1 is 1.41 bits per heavy atom. The number of hydrogen-bond acceptors (Lipinski definition) is 4. The van der Waals surface area contributed by atoms with E-state index in [-0.39, 0.29) is 0 Å². The molecule has 5 heteroatoms. The Balaban J connectivity index is 1.89. The van der Waals surface area contributed by atoms with Crippen LogP contribution in [0.4, 0.5) is 5.82 Å². The van der Waals surface area contributed by atoms with Crippen LogP contribution in [0, 0.1) is 11.3 Å². The maximum Gasteiger partial charge on any atom is 0.142 e. The zero-order chi connectivity index (χ0) is 11.7. The average Bonchev–Trinajstić information content (AvgIpc) is 2.86. The Labute approximate surface area is 98.7 Å². The molecular weight excluding hydrogens is 214 g/mol.